The summed E-state index contributed by atoms with van der Waals surface area (Å²) in [4.78, 5) is 8.43. The van der Waals surface area contributed by atoms with E-state index in [-0.39, 0.29) is 11.8 Å². The minimum Gasteiger partial charge on any atom is -0.435 e. The molecule has 0 aliphatic rings. The quantitative estimate of drug-likeness (QED) is 0.627. The Morgan fingerprint density at radius 1 is 1.24 bits per heavy atom. The normalized spacial score (nSPS) is 10.9. The molecule has 0 atom stereocenters. The third-order valence-corrected chi connectivity index (χ3v) is 3.78. The van der Waals surface area contributed by atoms with E-state index in [1.807, 2.05) is 38.1 Å². The van der Waals surface area contributed by atoms with Crippen LogP contribution in [-0.2, 0) is 6.54 Å². The fourth-order valence-electron chi connectivity index (χ4n) is 2.03. The number of nitrogens with one attached hydrogen (secondary N) is 1. The number of hydrogen-bond donors (Lipinski definition) is 1. The van der Waals surface area contributed by atoms with Crippen molar-refractivity contribution in [2.45, 2.75) is 26.3 Å². The summed E-state index contributed by atoms with van der Waals surface area (Å²) in [5, 5.41) is 7.93. The van der Waals surface area contributed by atoms with Gasteiger partial charge in [0.1, 0.15) is 5.02 Å². The van der Waals surface area contributed by atoms with Crippen LogP contribution in [0, 0.1) is 0 Å². The van der Waals surface area contributed by atoms with E-state index in [4.69, 9.17) is 32.5 Å². The first-order valence-corrected chi connectivity index (χ1v) is 8.43. The standard InChI is InChI=1S/C17H16Cl2N4O2/c1-10(2)16-22-15(25-23-16)9-20-13-5-3-4-6-14(13)24-17-12(19)7-11(18)8-21-17/h3-8,10,20H,9H2,1-2H3. The molecule has 3 aromatic rings. The maximum Gasteiger partial charge on any atom is 0.245 e. The van der Waals surface area contributed by atoms with Crippen LogP contribution in [0.3, 0.4) is 0 Å². The zero-order valence-electron chi connectivity index (χ0n) is 13.7. The van der Waals surface area contributed by atoms with E-state index in [0.29, 0.717) is 34.1 Å². The summed E-state index contributed by atoms with van der Waals surface area (Å²) in [5.41, 5.74) is 0.750. The SMILES string of the molecule is CC(C)c1noc(CNc2ccccc2Oc2ncc(Cl)cc2Cl)n1. The van der Waals surface area contributed by atoms with Gasteiger partial charge >= 0.3 is 0 Å². The van der Waals surface area contributed by atoms with Gasteiger partial charge in [-0.3, -0.25) is 0 Å². The number of halogens is 2. The Labute approximate surface area is 155 Å². The molecule has 0 saturated carbocycles. The Kier molecular flexibility index (Phi) is 5.40. The summed E-state index contributed by atoms with van der Waals surface area (Å²) < 4.78 is 11.0. The first-order chi connectivity index (χ1) is 12.0. The third-order valence-electron chi connectivity index (χ3n) is 3.30. The van der Waals surface area contributed by atoms with Crippen LogP contribution in [-0.4, -0.2) is 15.1 Å². The molecule has 0 bridgehead atoms. The van der Waals surface area contributed by atoms with Crippen LogP contribution in [0.4, 0.5) is 5.69 Å². The van der Waals surface area contributed by atoms with Crippen molar-refractivity contribution in [3.8, 4) is 11.6 Å². The van der Waals surface area contributed by atoms with Crippen LogP contribution in [0.15, 0.2) is 41.1 Å². The molecule has 2 heterocycles. The van der Waals surface area contributed by atoms with Crippen molar-refractivity contribution in [1.82, 2.24) is 15.1 Å². The monoisotopic (exact) mass is 378 g/mol. The van der Waals surface area contributed by atoms with Crippen molar-refractivity contribution in [1.29, 1.82) is 0 Å². The zero-order valence-corrected chi connectivity index (χ0v) is 15.2. The largest absolute Gasteiger partial charge is 0.435 e. The van der Waals surface area contributed by atoms with E-state index in [9.17, 15) is 0 Å². The molecular weight excluding hydrogens is 363 g/mol. The fraction of sp³-hybridized carbons (Fsp3) is 0.235. The number of anilines is 1. The molecule has 0 amide bonds. The number of rotatable bonds is 6. The summed E-state index contributed by atoms with van der Waals surface area (Å²) in [6.45, 7) is 4.39. The molecule has 3 rings (SSSR count). The lowest BCUT2D eigenvalue weighted by molar-refractivity contribution is 0.375. The van der Waals surface area contributed by atoms with Crippen LogP contribution in [0.5, 0.6) is 11.6 Å². The highest BCUT2D eigenvalue weighted by Gasteiger charge is 2.12. The Morgan fingerprint density at radius 3 is 2.76 bits per heavy atom. The summed E-state index contributed by atoms with van der Waals surface area (Å²) in [6, 6.07) is 9.00. The van der Waals surface area contributed by atoms with Crippen molar-refractivity contribution in [3.05, 3.63) is 58.3 Å². The van der Waals surface area contributed by atoms with E-state index < -0.39 is 0 Å². The summed E-state index contributed by atoms with van der Waals surface area (Å²) in [5.74, 6) is 2.24. The second kappa shape index (κ2) is 7.72. The highest BCUT2D eigenvalue weighted by molar-refractivity contribution is 6.35. The molecule has 0 radical (unpaired) electrons. The van der Waals surface area contributed by atoms with Crippen molar-refractivity contribution in [3.63, 3.8) is 0 Å². The van der Waals surface area contributed by atoms with Gasteiger partial charge in [0.25, 0.3) is 0 Å². The lowest BCUT2D eigenvalue weighted by atomic mass is 10.2. The van der Waals surface area contributed by atoms with Crippen LogP contribution in [0.25, 0.3) is 0 Å². The molecule has 8 heteroatoms. The molecule has 2 aromatic heterocycles. The van der Waals surface area contributed by atoms with E-state index >= 15 is 0 Å². The summed E-state index contributed by atoms with van der Waals surface area (Å²) >= 11 is 12.0. The predicted octanol–water partition coefficient (Wildman–Crippen LogP) is 5.30. The van der Waals surface area contributed by atoms with Gasteiger partial charge < -0.3 is 14.6 Å². The van der Waals surface area contributed by atoms with Crippen molar-refractivity contribution in [2.75, 3.05) is 5.32 Å². The van der Waals surface area contributed by atoms with Gasteiger partial charge in [0.2, 0.25) is 11.8 Å². The first-order valence-electron chi connectivity index (χ1n) is 7.67. The van der Waals surface area contributed by atoms with E-state index in [1.165, 1.54) is 6.20 Å². The highest BCUT2D eigenvalue weighted by atomic mass is 35.5. The third kappa shape index (κ3) is 4.41. The van der Waals surface area contributed by atoms with Crippen LogP contribution in [0.1, 0.15) is 31.5 Å². The molecule has 25 heavy (non-hydrogen) atoms. The Bertz CT molecular complexity index is 867. The predicted molar refractivity (Wildman–Crippen MR) is 96.5 cm³/mol. The molecule has 0 unspecified atom stereocenters. The minimum atomic E-state index is 0.214. The maximum atomic E-state index is 6.11. The molecular formula is C17H16Cl2N4O2. The number of nitrogens with zero attached hydrogens (tertiary/aromatic N) is 3. The topological polar surface area (TPSA) is 73.1 Å². The molecule has 1 N–H and O–H groups in total. The molecule has 130 valence electrons. The second-order valence-electron chi connectivity index (χ2n) is 5.59. The number of pyridine rings is 1. The van der Waals surface area contributed by atoms with Crippen molar-refractivity contribution >= 4 is 28.9 Å². The lowest BCUT2D eigenvalue weighted by Crippen LogP contribution is -2.02. The smallest absolute Gasteiger partial charge is 0.245 e. The molecule has 0 spiro atoms. The Hall–Kier alpha value is -2.31. The average molecular weight is 379 g/mol. The summed E-state index contributed by atoms with van der Waals surface area (Å²) in [7, 11) is 0. The minimum absolute atomic E-state index is 0.214. The van der Waals surface area contributed by atoms with E-state index in [2.05, 4.69) is 20.4 Å². The van der Waals surface area contributed by atoms with Crippen molar-refractivity contribution < 1.29 is 9.26 Å². The second-order valence-corrected chi connectivity index (χ2v) is 6.44. The maximum absolute atomic E-state index is 6.11. The van der Waals surface area contributed by atoms with Gasteiger partial charge in [0.15, 0.2) is 11.6 Å². The van der Waals surface area contributed by atoms with Crippen LogP contribution in [0.2, 0.25) is 10.0 Å². The number of hydrogen-bond acceptors (Lipinski definition) is 6. The first kappa shape index (κ1) is 17.5. The van der Waals surface area contributed by atoms with Gasteiger partial charge in [-0.1, -0.05) is 54.3 Å². The van der Waals surface area contributed by atoms with Gasteiger partial charge in [0, 0.05) is 12.1 Å². The number of benzene rings is 1. The highest BCUT2D eigenvalue weighted by Crippen LogP contribution is 2.33. The molecule has 0 aliphatic carbocycles. The lowest BCUT2D eigenvalue weighted by Gasteiger charge is -2.12. The van der Waals surface area contributed by atoms with Gasteiger partial charge in [-0.25, -0.2) is 4.98 Å². The van der Waals surface area contributed by atoms with Crippen LogP contribution < -0.4 is 10.1 Å². The van der Waals surface area contributed by atoms with E-state index in [0.717, 1.165) is 5.69 Å². The Morgan fingerprint density at radius 2 is 2.04 bits per heavy atom. The number of aromatic nitrogens is 3. The zero-order chi connectivity index (χ0) is 17.8. The Balaban J connectivity index is 1.74. The van der Waals surface area contributed by atoms with Crippen molar-refractivity contribution in [2.24, 2.45) is 0 Å². The molecule has 6 nitrogen and oxygen atoms in total. The van der Waals surface area contributed by atoms with Gasteiger partial charge in [-0.2, -0.15) is 4.98 Å². The number of ether oxygens (including phenoxy) is 1. The molecule has 0 fully saturated rings. The molecule has 0 saturated heterocycles. The summed E-state index contributed by atoms with van der Waals surface area (Å²) in [6.07, 6.45) is 1.48. The molecule has 1 aromatic carbocycles. The van der Waals surface area contributed by atoms with Gasteiger partial charge in [-0.05, 0) is 18.2 Å². The van der Waals surface area contributed by atoms with Gasteiger partial charge in [-0.15, -0.1) is 0 Å². The molecule has 0 aliphatic heterocycles. The van der Waals surface area contributed by atoms with E-state index in [1.54, 1.807) is 6.07 Å². The van der Waals surface area contributed by atoms with Gasteiger partial charge in [0.05, 0.1) is 17.3 Å². The average Bonchev–Trinajstić information content (AvgIpc) is 3.06. The van der Waals surface area contributed by atoms with Crippen LogP contribution >= 0.6 is 23.2 Å². The number of para-hydroxylation sites is 2. The fourth-order valence-corrected chi connectivity index (χ4v) is 2.45.